The van der Waals surface area contributed by atoms with E-state index in [0.717, 1.165) is 16.9 Å². The predicted molar refractivity (Wildman–Crippen MR) is 108 cm³/mol. The van der Waals surface area contributed by atoms with Crippen molar-refractivity contribution in [2.45, 2.75) is 12.8 Å². The lowest BCUT2D eigenvalue weighted by Crippen LogP contribution is -2.37. The Morgan fingerprint density at radius 1 is 0.786 bits per heavy atom. The number of nitrogens with one attached hydrogen (secondary N) is 2. The van der Waals surface area contributed by atoms with Crippen LogP contribution in [0.2, 0.25) is 0 Å². The van der Waals surface area contributed by atoms with Crippen LogP contribution in [0.5, 0.6) is 23.0 Å². The number of benzene rings is 2. The molecule has 0 saturated heterocycles. The van der Waals surface area contributed by atoms with Crippen molar-refractivity contribution < 1.29 is 23.7 Å². The van der Waals surface area contributed by atoms with Crippen molar-refractivity contribution in [2.24, 2.45) is 0 Å². The molecule has 0 aliphatic carbocycles. The van der Waals surface area contributed by atoms with Gasteiger partial charge in [-0.05, 0) is 42.2 Å². The molecule has 152 valence electrons. The summed E-state index contributed by atoms with van der Waals surface area (Å²) in [6.45, 7) is 1.01. The molecule has 0 aromatic heterocycles. The van der Waals surface area contributed by atoms with E-state index in [1.54, 1.807) is 28.4 Å². The Balaban J connectivity index is 1.80. The largest absolute Gasteiger partial charge is 0.496 e. The highest BCUT2D eigenvalue weighted by Crippen LogP contribution is 2.38. The number of carbonyl (C=O) groups excluding carboxylic acids is 1. The minimum absolute atomic E-state index is 0.206. The molecule has 0 atom stereocenters. The second-order valence-corrected chi connectivity index (χ2v) is 6.03. The summed E-state index contributed by atoms with van der Waals surface area (Å²) in [5.74, 6) is 2.57. The maximum Gasteiger partial charge on any atom is 0.314 e. The third-order valence-electron chi connectivity index (χ3n) is 4.30. The minimum atomic E-state index is -0.206. The fraction of sp³-hybridized carbons (Fsp3) is 0.381. The Morgan fingerprint density at radius 2 is 1.36 bits per heavy atom. The van der Waals surface area contributed by atoms with Gasteiger partial charge in [0, 0.05) is 13.1 Å². The summed E-state index contributed by atoms with van der Waals surface area (Å²) in [7, 11) is 6.36. The smallest absolute Gasteiger partial charge is 0.314 e. The maximum absolute atomic E-state index is 12.0. The molecule has 7 heteroatoms. The van der Waals surface area contributed by atoms with Crippen LogP contribution in [0.25, 0.3) is 0 Å². The zero-order valence-corrected chi connectivity index (χ0v) is 16.8. The average Bonchev–Trinajstić information content (AvgIpc) is 2.73. The monoisotopic (exact) mass is 388 g/mol. The first kappa shape index (κ1) is 21.2. The fourth-order valence-corrected chi connectivity index (χ4v) is 2.88. The number of rotatable bonds is 10. The van der Waals surface area contributed by atoms with E-state index in [2.05, 4.69) is 10.6 Å². The predicted octanol–water partition coefficient (Wildman–Crippen LogP) is 2.81. The van der Waals surface area contributed by atoms with E-state index in [4.69, 9.17) is 18.9 Å². The van der Waals surface area contributed by atoms with Crippen LogP contribution in [0.4, 0.5) is 4.79 Å². The number of ether oxygens (including phenoxy) is 4. The molecule has 28 heavy (non-hydrogen) atoms. The van der Waals surface area contributed by atoms with Gasteiger partial charge in [-0.1, -0.05) is 18.2 Å². The highest BCUT2D eigenvalue weighted by Gasteiger charge is 2.13. The molecule has 7 nitrogen and oxygen atoms in total. The van der Waals surface area contributed by atoms with Crippen molar-refractivity contribution in [3.05, 3.63) is 47.5 Å². The fourth-order valence-electron chi connectivity index (χ4n) is 2.88. The Morgan fingerprint density at radius 3 is 1.93 bits per heavy atom. The molecule has 0 spiro atoms. The number of urea groups is 1. The standard InChI is InChI=1S/C21H28N2O5/c1-25-17-8-6-5-7-16(17)10-12-23-21(24)22-11-9-15-13-18(26-2)20(28-4)19(14-15)27-3/h5-8,13-14H,9-12H2,1-4H3,(H2,22,23,24). The van der Waals surface area contributed by atoms with Gasteiger partial charge in [0.25, 0.3) is 0 Å². The van der Waals surface area contributed by atoms with Crippen molar-refractivity contribution in [3.63, 3.8) is 0 Å². The molecule has 0 saturated carbocycles. The van der Waals surface area contributed by atoms with Crippen molar-refractivity contribution in [2.75, 3.05) is 41.5 Å². The van der Waals surface area contributed by atoms with Crippen LogP contribution in [0.3, 0.4) is 0 Å². The van der Waals surface area contributed by atoms with E-state index in [1.807, 2.05) is 36.4 Å². The molecule has 0 aliphatic rings. The second kappa shape index (κ2) is 10.9. The zero-order valence-electron chi connectivity index (χ0n) is 16.8. The number of hydrogen-bond donors (Lipinski definition) is 2. The third kappa shape index (κ3) is 5.70. The van der Waals surface area contributed by atoms with Crippen LogP contribution in [-0.2, 0) is 12.8 Å². The summed E-state index contributed by atoms with van der Waals surface area (Å²) in [5, 5.41) is 5.71. The number of hydrogen-bond acceptors (Lipinski definition) is 5. The molecule has 0 fully saturated rings. The van der Waals surface area contributed by atoms with Gasteiger partial charge in [-0.2, -0.15) is 0 Å². The van der Waals surface area contributed by atoms with Crippen LogP contribution < -0.4 is 29.6 Å². The van der Waals surface area contributed by atoms with Gasteiger partial charge in [0.1, 0.15) is 5.75 Å². The summed E-state index contributed by atoms with van der Waals surface area (Å²) >= 11 is 0. The Bertz CT molecular complexity index is 754. The highest BCUT2D eigenvalue weighted by molar-refractivity contribution is 5.73. The molecule has 2 N–H and O–H groups in total. The Kier molecular flexibility index (Phi) is 8.27. The quantitative estimate of drug-likeness (QED) is 0.654. The number of methoxy groups -OCH3 is 4. The molecule has 0 aliphatic heterocycles. The number of para-hydroxylation sites is 1. The molecule has 2 amide bonds. The van der Waals surface area contributed by atoms with Crippen LogP contribution in [-0.4, -0.2) is 47.6 Å². The first-order chi connectivity index (χ1) is 13.6. The van der Waals surface area contributed by atoms with Crippen molar-refractivity contribution in [1.29, 1.82) is 0 Å². The summed E-state index contributed by atoms with van der Waals surface area (Å²) in [5.41, 5.74) is 2.03. The van der Waals surface area contributed by atoms with Crippen LogP contribution in [0, 0.1) is 0 Å². The molecular weight excluding hydrogens is 360 g/mol. The number of amides is 2. The average molecular weight is 388 g/mol. The molecule has 0 heterocycles. The topological polar surface area (TPSA) is 78.1 Å². The number of carbonyl (C=O) groups is 1. The normalized spacial score (nSPS) is 10.1. The van der Waals surface area contributed by atoms with Gasteiger partial charge < -0.3 is 29.6 Å². The van der Waals surface area contributed by atoms with E-state index in [9.17, 15) is 4.79 Å². The van der Waals surface area contributed by atoms with E-state index in [1.165, 1.54) is 0 Å². The summed E-state index contributed by atoms with van der Waals surface area (Å²) in [4.78, 5) is 12.0. The molecule has 0 unspecified atom stereocenters. The molecular formula is C21H28N2O5. The summed E-state index contributed by atoms with van der Waals surface area (Å²) in [6, 6.07) is 11.3. The lowest BCUT2D eigenvalue weighted by Gasteiger charge is -2.14. The maximum atomic E-state index is 12.0. The van der Waals surface area contributed by atoms with E-state index in [-0.39, 0.29) is 6.03 Å². The van der Waals surface area contributed by atoms with Gasteiger partial charge in [0.2, 0.25) is 5.75 Å². The summed E-state index contributed by atoms with van der Waals surface area (Å²) < 4.78 is 21.3. The molecule has 2 aromatic rings. The van der Waals surface area contributed by atoms with Gasteiger partial charge in [-0.15, -0.1) is 0 Å². The molecule has 0 radical (unpaired) electrons. The highest BCUT2D eigenvalue weighted by atomic mass is 16.5. The van der Waals surface area contributed by atoms with Gasteiger partial charge >= 0.3 is 6.03 Å². The van der Waals surface area contributed by atoms with Crippen LogP contribution in [0.1, 0.15) is 11.1 Å². The van der Waals surface area contributed by atoms with Crippen LogP contribution in [0.15, 0.2) is 36.4 Å². The van der Waals surface area contributed by atoms with Gasteiger partial charge in [0.05, 0.1) is 28.4 Å². The van der Waals surface area contributed by atoms with Crippen molar-refractivity contribution in [3.8, 4) is 23.0 Å². The lowest BCUT2D eigenvalue weighted by molar-refractivity contribution is 0.241. The molecule has 2 rings (SSSR count). The third-order valence-corrected chi connectivity index (χ3v) is 4.30. The Hall–Kier alpha value is -3.09. The van der Waals surface area contributed by atoms with Gasteiger partial charge in [-0.3, -0.25) is 0 Å². The molecule has 2 aromatic carbocycles. The van der Waals surface area contributed by atoms with E-state index < -0.39 is 0 Å². The van der Waals surface area contributed by atoms with Crippen molar-refractivity contribution >= 4 is 6.03 Å². The lowest BCUT2D eigenvalue weighted by atomic mass is 10.1. The Labute approximate surface area is 165 Å². The van der Waals surface area contributed by atoms with Gasteiger partial charge in [-0.25, -0.2) is 4.79 Å². The minimum Gasteiger partial charge on any atom is -0.496 e. The summed E-state index contributed by atoms with van der Waals surface area (Å²) in [6.07, 6.45) is 1.33. The van der Waals surface area contributed by atoms with Crippen LogP contribution >= 0.6 is 0 Å². The van der Waals surface area contributed by atoms with Gasteiger partial charge in [0.15, 0.2) is 11.5 Å². The van der Waals surface area contributed by atoms with Crippen molar-refractivity contribution in [1.82, 2.24) is 10.6 Å². The zero-order chi connectivity index (χ0) is 20.4. The first-order valence-corrected chi connectivity index (χ1v) is 9.05. The van der Waals surface area contributed by atoms with E-state index >= 15 is 0 Å². The molecule has 0 bridgehead atoms. The SMILES string of the molecule is COc1ccccc1CCNC(=O)NCCc1cc(OC)c(OC)c(OC)c1. The second-order valence-electron chi connectivity index (χ2n) is 6.03. The first-order valence-electron chi connectivity index (χ1n) is 9.05. The van der Waals surface area contributed by atoms with E-state index in [0.29, 0.717) is 43.2 Å².